The van der Waals surface area contributed by atoms with Gasteiger partial charge in [-0.1, -0.05) is 24.3 Å². The Kier molecular flexibility index (Phi) is 2.94. The largest absolute Gasteiger partial charge is 0.381 e. The maximum atomic E-state index is 5.39. The molecule has 1 fully saturated rings. The van der Waals surface area contributed by atoms with Crippen molar-refractivity contribution in [2.75, 3.05) is 13.2 Å². The van der Waals surface area contributed by atoms with E-state index in [1.54, 1.807) is 0 Å². The topological polar surface area (TPSA) is 21.3 Å². The third-order valence-corrected chi connectivity index (χ3v) is 3.79. The lowest BCUT2D eigenvalue weighted by Crippen LogP contribution is -2.36. The van der Waals surface area contributed by atoms with Gasteiger partial charge in [0.1, 0.15) is 0 Å². The first-order valence-electron chi connectivity index (χ1n) is 6.35. The first-order chi connectivity index (χ1) is 7.93. The van der Waals surface area contributed by atoms with Crippen LogP contribution in [0.2, 0.25) is 0 Å². The Morgan fingerprint density at radius 2 is 1.88 bits per heavy atom. The van der Waals surface area contributed by atoms with Gasteiger partial charge < -0.3 is 10.1 Å². The predicted molar refractivity (Wildman–Crippen MR) is 64.5 cm³/mol. The summed E-state index contributed by atoms with van der Waals surface area (Å²) < 4.78 is 5.39. The van der Waals surface area contributed by atoms with Gasteiger partial charge in [-0.3, -0.25) is 0 Å². The van der Waals surface area contributed by atoms with Crippen LogP contribution in [0.25, 0.3) is 0 Å². The molecule has 0 saturated carbocycles. The third kappa shape index (κ3) is 2.00. The minimum atomic E-state index is 0.583. The molecule has 0 aromatic heterocycles. The fourth-order valence-corrected chi connectivity index (χ4v) is 2.88. The quantitative estimate of drug-likeness (QED) is 0.821. The van der Waals surface area contributed by atoms with Gasteiger partial charge in [0.2, 0.25) is 0 Å². The monoisotopic (exact) mass is 217 g/mol. The Morgan fingerprint density at radius 1 is 1.06 bits per heavy atom. The summed E-state index contributed by atoms with van der Waals surface area (Å²) in [6.45, 7) is 1.85. The highest BCUT2D eigenvalue weighted by Crippen LogP contribution is 2.31. The lowest BCUT2D eigenvalue weighted by atomic mass is 10.0. The van der Waals surface area contributed by atoms with E-state index in [0.29, 0.717) is 12.1 Å². The second-order valence-electron chi connectivity index (χ2n) is 4.84. The molecule has 0 bridgehead atoms. The molecule has 1 unspecified atom stereocenters. The van der Waals surface area contributed by atoms with Crippen LogP contribution in [0.5, 0.6) is 0 Å². The zero-order chi connectivity index (χ0) is 10.8. The van der Waals surface area contributed by atoms with Gasteiger partial charge in [-0.25, -0.2) is 0 Å². The number of benzene rings is 1. The zero-order valence-electron chi connectivity index (χ0n) is 9.61. The summed E-state index contributed by atoms with van der Waals surface area (Å²) in [6, 6.07) is 10.1. The first kappa shape index (κ1) is 10.3. The number of hydrogen-bond donors (Lipinski definition) is 1. The fourth-order valence-electron chi connectivity index (χ4n) is 2.88. The van der Waals surface area contributed by atoms with Crippen LogP contribution in [0.3, 0.4) is 0 Å². The fraction of sp³-hybridized carbons (Fsp3) is 0.571. The van der Waals surface area contributed by atoms with Gasteiger partial charge in [-0.05, 0) is 36.8 Å². The van der Waals surface area contributed by atoms with Crippen LogP contribution in [0.1, 0.15) is 36.4 Å². The lowest BCUT2D eigenvalue weighted by molar-refractivity contribution is 0.0749. The molecule has 1 aromatic carbocycles. The predicted octanol–water partition coefficient (Wildman–Crippen LogP) is 2.44. The maximum Gasteiger partial charge on any atom is 0.0480 e. The minimum absolute atomic E-state index is 0.583. The molecule has 1 aliphatic heterocycles. The number of aryl methyl sites for hydroxylation is 1. The van der Waals surface area contributed by atoms with Gasteiger partial charge in [0.15, 0.2) is 0 Å². The van der Waals surface area contributed by atoms with Crippen molar-refractivity contribution in [1.29, 1.82) is 0 Å². The highest BCUT2D eigenvalue weighted by Gasteiger charge is 2.24. The number of fused-ring (bicyclic) bond motifs is 1. The van der Waals surface area contributed by atoms with Crippen LogP contribution in [-0.2, 0) is 11.2 Å². The van der Waals surface area contributed by atoms with Crippen molar-refractivity contribution in [2.24, 2.45) is 0 Å². The van der Waals surface area contributed by atoms with Crippen molar-refractivity contribution in [2.45, 2.75) is 37.8 Å². The summed E-state index contributed by atoms with van der Waals surface area (Å²) in [5.41, 5.74) is 3.06. The van der Waals surface area contributed by atoms with Crippen LogP contribution < -0.4 is 5.32 Å². The SMILES string of the molecule is c1ccc2c(c1)CCC2NC1CCOCC1. The summed E-state index contributed by atoms with van der Waals surface area (Å²) in [6.07, 6.45) is 4.82. The Labute approximate surface area is 97.0 Å². The third-order valence-electron chi connectivity index (χ3n) is 3.79. The Bertz CT molecular complexity index is 358. The second-order valence-corrected chi connectivity index (χ2v) is 4.84. The normalized spacial score (nSPS) is 25.6. The molecule has 1 heterocycles. The molecular formula is C14H19NO. The molecule has 0 amide bonds. The van der Waals surface area contributed by atoms with Crippen molar-refractivity contribution in [3.05, 3.63) is 35.4 Å². The Morgan fingerprint density at radius 3 is 2.75 bits per heavy atom. The molecule has 1 atom stereocenters. The van der Waals surface area contributed by atoms with E-state index in [2.05, 4.69) is 29.6 Å². The molecular weight excluding hydrogens is 198 g/mol. The van der Waals surface area contributed by atoms with E-state index in [0.717, 1.165) is 13.2 Å². The van der Waals surface area contributed by atoms with E-state index in [4.69, 9.17) is 4.74 Å². The van der Waals surface area contributed by atoms with Crippen molar-refractivity contribution in [3.63, 3.8) is 0 Å². The molecule has 2 heteroatoms. The molecule has 16 heavy (non-hydrogen) atoms. The van der Waals surface area contributed by atoms with Crippen LogP contribution in [0, 0.1) is 0 Å². The molecule has 0 spiro atoms. The summed E-state index contributed by atoms with van der Waals surface area (Å²) >= 11 is 0. The van der Waals surface area contributed by atoms with Crippen molar-refractivity contribution >= 4 is 0 Å². The summed E-state index contributed by atoms with van der Waals surface area (Å²) in [4.78, 5) is 0. The van der Waals surface area contributed by atoms with Crippen molar-refractivity contribution in [3.8, 4) is 0 Å². The van der Waals surface area contributed by atoms with Crippen molar-refractivity contribution in [1.82, 2.24) is 5.32 Å². The Hall–Kier alpha value is -0.860. The highest BCUT2D eigenvalue weighted by atomic mass is 16.5. The van der Waals surface area contributed by atoms with E-state index in [1.807, 2.05) is 0 Å². The number of rotatable bonds is 2. The summed E-state index contributed by atoms with van der Waals surface area (Å²) in [7, 11) is 0. The van der Waals surface area contributed by atoms with E-state index in [9.17, 15) is 0 Å². The number of hydrogen-bond acceptors (Lipinski definition) is 2. The molecule has 0 radical (unpaired) electrons. The van der Waals surface area contributed by atoms with E-state index in [1.165, 1.54) is 36.8 Å². The number of ether oxygens (including phenoxy) is 1. The second kappa shape index (κ2) is 4.56. The van der Waals surface area contributed by atoms with Gasteiger partial charge in [0, 0.05) is 25.3 Å². The first-order valence-corrected chi connectivity index (χ1v) is 6.35. The summed E-state index contributed by atoms with van der Waals surface area (Å²) in [5.74, 6) is 0. The standard InChI is InChI=1S/C14H19NO/c1-2-4-13-11(3-1)5-6-14(13)15-12-7-9-16-10-8-12/h1-4,12,14-15H,5-10H2. The molecule has 1 aliphatic carbocycles. The number of nitrogens with one attached hydrogen (secondary N) is 1. The van der Waals surface area contributed by atoms with Crippen LogP contribution in [0.15, 0.2) is 24.3 Å². The summed E-state index contributed by atoms with van der Waals surface area (Å²) in [5, 5.41) is 3.79. The van der Waals surface area contributed by atoms with Crippen LogP contribution in [-0.4, -0.2) is 19.3 Å². The lowest BCUT2D eigenvalue weighted by Gasteiger charge is -2.27. The Balaban J connectivity index is 1.68. The molecule has 1 saturated heterocycles. The minimum Gasteiger partial charge on any atom is -0.381 e. The van der Waals surface area contributed by atoms with Gasteiger partial charge in [0.25, 0.3) is 0 Å². The maximum absolute atomic E-state index is 5.39. The molecule has 3 rings (SSSR count). The van der Waals surface area contributed by atoms with Gasteiger partial charge in [-0.15, -0.1) is 0 Å². The van der Waals surface area contributed by atoms with Gasteiger partial charge >= 0.3 is 0 Å². The van der Waals surface area contributed by atoms with Crippen LogP contribution >= 0.6 is 0 Å². The highest BCUT2D eigenvalue weighted by molar-refractivity contribution is 5.34. The molecule has 1 aromatic rings. The van der Waals surface area contributed by atoms with Gasteiger partial charge in [-0.2, -0.15) is 0 Å². The average Bonchev–Trinajstić information content (AvgIpc) is 2.74. The average molecular weight is 217 g/mol. The molecule has 1 N–H and O–H groups in total. The van der Waals surface area contributed by atoms with Crippen LogP contribution in [0.4, 0.5) is 0 Å². The van der Waals surface area contributed by atoms with Crippen molar-refractivity contribution < 1.29 is 4.74 Å². The smallest absolute Gasteiger partial charge is 0.0480 e. The molecule has 2 aliphatic rings. The van der Waals surface area contributed by atoms with E-state index >= 15 is 0 Å². The van der Waals surface area contributed by atoms with E-state index in [-0.39, 0.29) is 0 Å². The molecule has 86 valence electrons. The zero-order valence-corrected chi connectivity index (χ0v) is 9.61. The van der Waals surface area contributed by atoms with Gasteiger partial charge in [0.05, 0.1) is 0 Å². The molecule has 2 nitrogen and oxygen atoms in total. The van der Waals surface area contributed by atoms with E-state index < -0.39 is 0 Å².